The molecule has 14 heavy (non-hydrogen) atoms. The van der Waals surface area contributed by atoms with E-state index in [-0.39, 0.29) is 0 Å². The zero-order chi connectivity index (χ0) is 10.4. The van der Waals surface area contributed by atoms with Crippen molar-refractivity contribution in [1.29, 1.82) is 0 Å². The molecule has 0 aliphatic carbocycles. The smallest absolute Gasteiger partial charge is 0.101 e. The van der Waals surface area contributed by atoms with Gasteiger partial charge in [0, 0.05) is 0 Å². The SMILES string of the molecule is CC(C)CC(F)CC1CCCNCC1. The predicted octanol–water partition coefficient (Wildman–Crippen LogP) is 3.15. The molecule has 0 bridgehead atoms. The lowest BCUT2D eigenvalue weighted by Gasteiger charge is -2.17. The van der Waals surface area contributed by atoms with Crippen molar-refractivity contribution in [3.63, 3.8) is 0 Å². The summed E-state index contributed by atoms with van der Waals surface area (Å²) in [6, 6.07) is 0. The first kappa shape index (κ1) is 12.0. The van der Waals surface area contributed by atoms with Crippen LogP contribution in [-0.4, -0.2) is 19.3 Å². The van der Waals surface area contributed by atoms with E-state index in [1.807, 2.05) is 0 Å². The molecule has 0 aromatic heterocycles. The molecule has 1 fully saturated rings. The number of alkyl halides is 1. The van der Waals surface area contributed by atoms with Crippen molar-refractivity contribution in [2.75, 3.05) is 13.1 Å². The number of halogens is 1. The lowest BCUT2D eigenvalue weighted by molar-refractivity contribution is 0.223. The van der Waals surface area contributed by atoms with Gasteiger partial charge in [0.2, 0.25) is 0 Å². The highest BCUT2D eigenvalue weighted by Crippen LogP contribution is 2.23. The van der Waals surface area contributed by atoms with Gasteiger partial charge >= 0.3 is 0 Å². The van der Waals surface area contributed by atoms with Crippen LogP contribution < -0.4 is 5.32 Å². The summed E-state index contributed by atoms with van der Waals surface area (Å²) < 4.78 is 13.6. The van der Waals surface area contributed by atoms with Crippen LogP contribution >= 0.6 is 0 Å². The Morgan fingerprint density at radius 2 is 2.07 bits per heavy atom. The van der Waals surface area contributed by atoms with Crippen LogP contribution in [0.1, 0.15) is 46.0 Å². The molecule has 1 nitrogen and oxygen atoms in total. The highest BCUT2D eigenvalue weighted by molar-refractivity contribution is 4.71. The van der Waals surface area contributed by atoms with Gasteiger partial charge in [0.1, 0.15) is 6.17 Å². The standard InChI is InChI=1S/C12H24FN/c1-10(2)8-12(13)9-11-4-3-6-14-7-5-11/h10-12,14H,3-9H2,1-2H3. The summed E-state index contributed by atoms with van der Waals surface area (Å²) in [4.78, 5) is 0. The molecule has 84 valence electrons. The Bertz CT molecular complexity index is 139. The molecule has 0 radical (unpaired) electrons. The number of hydrogen-bond donors (Lipinski definition) is 1. The molecule has 0 aromatic rings. The molecule has 2 atom stereocenters. The van der Waals surface area contributed by atoms with Gasteiger partial charge in [-0.1, -0.05) is 13.8 Å². The van der Waals surface area contributed by atoms with Crippen molar-refractivity contribution in [2.45, 2.75) is 52.1 Å². The first-order valence-corrected chi connectivity index (χ1v) is 6.03. The summed E-state index contributed by atoms with van der Waals surface area (Å²) in [5.74, 6) is 1.12. The van der Waals surface area contributed by atoms with Crippen molar-refractivity contribution < 1.29 is 4.39 Å². The monoisotopic (exact) mass is 201 g/mol. The van der Waals surface area contributed by atoms with E-state index in [2.05, 4.69) is 19.2 Å². The summed E-state index contributed by atoms with van der Waals surface area (Å²) in [5.41, 5.74) is 0. The number of nitrogens with one attached hydrogen (secondary N) is 1. The van der Waals surface area contributed by atoms with Crippen molar-refractivity contribution in [2.24, 2.45) is 11.8 Å². The highest BCUT2D eigenvalue weighted by Gasteiger charge is 2.18. The molecule has 1 N–H and O–H groups in total. The second-order valence-corrected chi connectivity index (χ2v) is 5.01. The molecule has 0 aromatic carbocycles. The van der Waals surface area contributed by atoms with Gasteiger partial charge in [-0.15, -0.1) is 0 Å². The van der Waals surface area contributed by atoms with Crippen LogP contribution in [0.2, 0.25) is 0 Å². The lowest BCUT2D eigenvalue weighted by Crippen LogP contribution is -2.15. The Labute approximate surface area is 87.5 Å². The zero-order valence-corrected chi connectivity index (χ0v) is 9.56. The Kier molecular flexibility index (Phi) is 5.46. The van der Waals surface area contributed by atoms with Gasteiger partial charge in [0.15, 0.2) is 0 Å². The van der Waals surface area contributed by atoms with E-state index in [0.717, 1.165) is 25.9 Å². The molecule has 0 saturated carbocycles. The minimum Gasteiger partial charge on any atom is -0.317 e. The van der Waals surface area contributed by atoms with Crippen molar-refractivity contribution in [3.8, 4) is 0 Å². The van der Waals surface area contributed by atoms with Crippen molar-refractivity contribution in [3.05, 3.63) is 0 Å². The van der Waals surface area contributed by atoms with Crippen LogP contribution in [0.15, 0.2) is 0 Å². The average Bonchev–Trinajstić information content (AvgIpc) is 2.31. The molecule has 1 aliphatic rings. The molecule has 1 saturated heterocycles. The first-order chi connectivity index (χ1) is 6.68. The molecular weight excluding hydrogens is 177 g/mol. The lowest BCUT2D eigenvalue weighted by atomic mass is 9.91. The topological polar surface area (TPSA) is 12.0 Å². The van der Waals surface area contributed by atoms with E-state index in [0.29, 0.717) is 11.8 Å². The van der Waals surface area contributed by atoms with Gasteiger partial charge in [-0.05, 0) is 57.0 Å². The van der Waals surface area contributed by atoms with E-state index >= 15 is 0 Å². The maximum absolute atomic E-state index is 13.6. The minimum atomic E-state index is -0.571. The van der Waals surface area contributed by atoms with E-state index in [1.165, 1.54) is 19.3 Å². The van der Waals surface area contributed by atoms with Gasteiger partial charge in [-0.2, -0.15) is 0 Å². The molecule has 0 amide bonds. The van der Waals surface area contributed by atoms with E-state index in [9.17, 15) is 4.39 Å². The molecule has 1 rings (SSSR count). The summed E-state index contributed by atoms with van der Waals surface area (Å²) >= 11 is 0. The summed E-state index contributed by atoms with van der Waals surface area (Å²) in [7, 11) is 0. The zero-order valence-electron chi connectivity index (χ0n) is 9.56. The molecule has 1 heterocycles. The highest BCUT2D eigenvalue weighted by atomic mass is 19.1. The third kappa shape index (κ3) is 4.94. The third-order valence-corrected chi connectivity index (χ3v) is 3.01. The van der Waals surface area contributed by atoms with Crippen LogP contribution in [0.3, 0.4) is 0 Å². The quantitative estimate of drug-likeness (QED) is 0.736. The third-order valence-electron chi connectivity index (χ3n) is 3.01. The van der Waals surface area contributed by atoms with Crippen LogP contribution in [0.25, 0.3) is 0 Å². The molecule has 0 spiro atoms. The Morgan fingerprint density at radius 3 is 2.79 bits per heavy atom. The van der Waals surface area contributed by atoms with Gasteiger partial charge in [0.05, 0.1) is 0 Å². The fraction of sp³-hybridized carbons (Fsp3) is 1.00. The second-order valence-electron chi connectivity index (χ2n) is 5.01. The van der Waals surface area contributed by atoms with E-state index < -0.39 is 6.17 Å². The molecule has 1 aliphatic heterocycles. The Balaban J connectivity index is 2.20. The molecular formula is C12H24FN. The summed E-state index contributed by atoms with van der Waals surface area (Å²) in [6.07, 6.45) is 4.56. The fourth-order valence-electron chi connectivity index (χ4n) is 2.30. The fourth-order valence-corrected chi connectivity index (χ4v) is 2.30. The number of rotatable bonds is 4. The number of hydrogen-bond acceptors (Lipinski definition) is 1. The first-order valence-electron chi connectivity index (χ1n) is 6.03. The normalized spacial score (nSPS) is 26.1. The maximum atomic E-state index is 13.6. The molecule has 2 heteroatoms. The average molecular weight is 201 g/mol. The summed E-state index contributed by atoms with van der Waals surface area (Å²) in [6.45, 7) is 6.40. The molecule has 2 unspecified atom stereocenters. The summed E-state index contributed by atoms with van der Waals surface area (Å²) in [5, 5.41) is 3.37. The van der Waals surface area contributed by atoms with Crippen LogP contribution in [0.5, 0.6) is 0 Å². The minimum absolute atomic E-state index is 0.494. The largest absolute Gasteiger partial charge is 0.317 e. The van der Waals surface area contributed by atoms with Crippen molar-refractivity contribution >= 4 is 0 Å². The van der Waals surface area contributed by atoms with Crippen LogP contribution in [0, 0.1) is 11.8 Å². The van der Waals surface area contributed by atoms with Gasteiger partial charge in [0.25, 0.3) is 0 Å². The van der Waals surface area contributed by atoms with Crippen molar-refractivity contribution in [1.82, 2.24) is 5.32 Å². The van der Waals surface area contributed by atoms with Gasteiger partial charge in [-0.25, -0.2) is 4.39 Å². The maximum Gasteiger partial charge on any atom is 0.101 e. The predicted molar refractivity (Wildman–Crippen MR) is 59.2 cm³/mol. The van der Waals surface area contributed by atoms with E-state index in [1.54, 1.807) is 0 Å². The Hall–Kier alpha value is -0.110. The second kappa shape index (κ2) is 6.39. The van der Waals surface area contributed by atoms with Crippen LogP contribution in [0.4, 0.5) is 4.39 Å². The Morgan fingerprint density at radius 1 is 1.29 bits per heavy atom. The van der Waals surface area contributed by atoms with Gasteiger partial charge < -0.3 is 5.32 Å². The van der Waals surface area contributed by atoms with Crippen LogP contribution in [-0.2, 0) is 0 Å². The van der Waals surface area contributed by atoms with E-state index in [4.69, 9.17) is 0 Å². The van der Waals surface area contributed by atoms with Gasteiger partial charge in [-0.3, -0.25) is 0 Å².